The average molecular weight is 1270 g/mol. The summed E-state index contributed by atoms with van der Waals surface area (Å²) in [6.45, 7) is -6.16. The molecule has 0 spiro atoms. The molecule has 20 N–H and O–H groups in total. The zero-order valence-electron chi connectivity index (χ0n) is 43.6. The first-order valence-electron chi connectivity index (χ1n) is 26.7. The quantitative estimate of drug-likeness (QED) is 0.102. The van der Waals surface area contributed by atoms with Crippen molar-refractivity contribution in [1.29, 1.82) is 0 Å². The molecule has 21 aliphatic rings. The molecule has 22 rings (SSSR count). The van der Waals surface area contributed by atoms with Crippen molar-refractivity contribution in [3.8, 4) is 0 Å². The number of hydrogen-bond donors (Lipinski definition) is 20. The van der Waals surface area contributed by atoms with E-state index in [0.29, 0.717) is 0 Å². The van der Waals surface area contributed by atoms with Gasteiger partial charge in [0.15, 0.2) is 18.9 Å². The molecule has 0 aromatic heterocycles. The number of aliphatic hydroxyl groups excluding tert-OH is 20. The Balaban J connectivity index is 1.01. The van der Waals surface area contributed by atoms with Crippen molar-refractivity contribution in [2.45, 2.75) is 220 Å². The number of hydrogen-bond acceptors (Lipinski definition) is 34. The van der Waals surface area contributed by atoms with Crippen molar-refractivity contribution in [1.82, 2.24) is 0 Å². The van der Waals surface area contributed by atoms with Gasteiger partial charge in [0.25, 0.3) is 0 Å². The minimum absolute atomic E-state index is 0.00583. The first-order chi connectivity index (χ1) is 39.7. The predicted octanol–water partition coefficient (Wildman–Crippen LogP) is -13.8. The van der Waals surface area contributed by atoms with Crippen LogP contribution in [0.4, 0.5) is 0 Å². The van der Waals surface area contributed by atoms with Gasteiger partial charge in [-0.2, -0.15) is 0 Å². The van der Waals surface area contributed by atoms with Crippen LogP contribution in [0.2, 0.25) is 5.32 Å². The Morgan fingerprint density at radius 1 is 0.241 bits per heavy atom. The Labute approximate surface area is 476 Å². The monoisotopic (exact) mass is 1270 g/mol. The third kappa shape index (κ3) is 13.5. The van der Waals surface area contributed by atoms with Gasteiger partial charge in [0, 0.05) is 0 Å². The molecule has 35 atom stereocenters. The van der Waals surface area contributed by atoms with Crippen LogP contribution in [0.5, 0.6) is 0 Å². The van der Waals surface area contributed by atoms with Crippen LogP contribution in [0, 0.1) is 0 Å². The van der Waals surface area contributed by atoms with E-state index in [1.165, 1.54) is 0 Å². The second-order valence-electron chi connectivity index (χ2n) is 21.1. The number of rotatable bonds is 9. The van der Waals surface area contributed by atoms with Crippen molar-refractivity contribution in [3.05, 3.63) is 30.3 Å². The summed E-state index contributed by atoms with van der Waals surface area (Å²) < 4.78 is 82.3. The van der Waals surface area contributed by atoms with Crippen LogP contribution >= 0.6 is 0 Å². The smallest absolute Gasteiger partial charge is 0.394 e. The molecule has 1 aromatic carbocycles. The molecule has 35 heteroatoms. The third-order valence-electron chi connectivity index (χ3n) is 15.8. The minimum Gasteiger partial charge on any atom is -0.394 e. The van der Waals surface area contributed by atoms with Crippen molar-refractivity contribution in [2.75, 3.05) is 39.6 Å². The molecule has 34 nitrogen and oxygen atoms in total. The summed E-state index contributed by atoms with van der Waals surface area (Å²) in [4.78, 5) is 0. The van der Waals surface area contributed by atoms with Crippen LogP contribution in [0.3, 0.4) is 0 Å². The molecule has 21 heterocycles. The van der Waals surface area contributed by atoms with E-state index in [-0.39, 0.29) is 5.32 Å². The Morgan fingerprint density at radius 2 is 0.422 bits per heavy atom. The maximum atomic E-state index is 11.8. The summed E-state index contributed by atoms with van der Waals surface area (Å²) >= 11 is -0.515. The molecule has 1 aromatic rings. The van der Waals surface area contributed by atoms with Gasteiger partial charge in [-0.05, 0) is 0 Å². The zero-order chi connectivity index (χ0) is 59.9. The molecule has 21 fully saturated rings. The number of aliphatic hydroxyl groups is 20. The summed E-state index contributed by atoms with van der Waals surface area (Å²) in [7, 11) is 0. The van der Waals surface area contributed by atoms with E-state index >= 15 is 0 Å². The Hall–Kier alpha value is -1.62. The van der Waals surface area contributed by atoms with E-state index in [4.69, 9.17) is 66.3 Å². The Kier molecular flexibility index (Phi) is 22.6. The summed E-state index contributed by atoms with van der Waals surface area (Å²) in [5, 5.41) is 223. The first kappa shape index (κ1) is 65.8. The van der Waals surface area contributed by atoms with Crippen LogP contribution in [-0.2, 0) is 66.3 Å². The first-order valence-corrected chi connectivity index (χ1v) is 28.8. The average Bonchev–Trinajstić information content (AvgIpc) is 3.67. The Morgan fingerprint density at radius 3 is 0.614 bits per heavy atom. The van der Waals surface area contributed by atoms with Crippen molar-refractivity contribution >= 4 is 19.4 Å². The van der Waals surface area contributed by atoms with Crippen LogP contribution < -0.4 is 4.46 Å². The van der Waals surface area contributed by atoms with E-state index in [9.17, 15) is 102 Å². The fourth-order valence-corrected chi connectivity index (χ4v) is 13.1. The fraction of sp³-hybridized carbons (Fsp3) is 0.875. The van der Waals surface area contributed by atoms with Gasteiger partial charge in [0.1, 0.15) is 61.0 Å². The molecule has 21 aliphatic heterocycles. The molecule has 83 heavy (non-hydrogen) atoms. The van der Waals surface area contributed by atoms with Gasteiger partial charge < -0.3 is 84.6 Å². The second kappa shape index (κ2) is 28.5. The molecular weight excluding hydrogens is 1200 g/mol. The van der Waals surface area contributed by atoms with Gasteiger partial charge in [-0.1, -0.05) is 0 Å². The molecule has 0 aliphatic carbocycles. The third-order valence-corrected chi connectivity index (χ3v) is 18.1. The SMILES string of the molecule is OC[C@@H]1O[C@@H]2O[C@H]3[C@H](O)[C@@H](O)[C@@H](O[C@H]4[C@@H](O)[C@H](O)[C@@H](O[C@H]5[C@@H](O)[C@H](O)[C@@H](O[C@H]6[C@@H](O)[C@H](O)[C@@H](O[C@H]7[C@H](O)[C@@H](O)[C@@H](O[C@H]8[C@H](O)[C@@H](O)[C@@H](O[C@H]1[C@H](O)[C@H]2O)O[C@@H]8CO)O[C@@H]7C[Se]c1ccccc1)O[C@@H]6CO)O[C@@H]5CO)O[C@@H]4CO)O[C@@H]3CO. The van der Waals surface area contributed by atoms with Crippen LogP contribution in [0.25, 0.3) is 0 Å². The maximum absolute atomic E-state index is 11.8. The summed E-state index contributed by atoms with van der Waals surface area (Å²) in [6.07, 6.45) is -68.7. The van der Waals surface area contributed by atoms with Crippen LogP contribution in [0.15, 0.2) is 30.3 Å². The van der Waals surface area contributed by atoms with Gasteiger partial charge >= 0.3 is 287 Å². The van der Waals surface area contributed by atoms with E-state index < -0.39 is 270 Å². The van der Waals surface area contributed by atoms with Crippen molar-refractivity contribution in [3.63, 3.8) is 0 Å². The Bertz CT molecular complexity index is 2140. The molecule has 14 bridgehead atoms. The summed E-state index contributed by atoms with van der Waals surface area (Å²) in [5.74, 6) is 0. The van der Waals surface area contributed by atoms with Crippen LogP contribution in [0.1, 0.15) is 0 Å². The summed E-state index contributed by atoms with van der Waals surface area (Å²) in [6, 6.07) is 8.84. The van der Waals surface area contributed by atoms with E-state index in [0.717, 1.165) is 4.46 Å². The molecular formula is C48H74O34Se. The fourth-order valence-electron chi connectivity index (χ4n) is 11.1. The van der Waals surface area contributed by atoms with E-state index in [1.54, 1.807) is 30.3 Å². The van der Waals surface area contributed by atoms with E-state index in [1.807, 2.05) is 0 Å². The molecule has 0 saturated carbocycles. The van der Waals surface area contributed by atoms with Crippen LogP contribution in [-0.4, -0.2) is 372 Å². The minimum atomic E-state index is -2.20. The standard InChI is InChI=1S/C48H74O34Se/c49-6-14-35-22(56)29(63)43(70-14)78-37-16(8-51)72-45(31(65)24(37)58)80-39-18(10-53)74-47(33(67)26(39)60)82-41-20(12-83-13-4-2-1-3-5-13)75-48(34(68)27(41)61)81-40-19(11-54)73-46(32(66)25(40)59)79-38-17(9-52)71-44(30(64)23(38)57)77-36-15(7-50)69-42(76-35)28(62)21(36)55/h1-5,14-68H,6-12H2/t14-,15-,16-,17+,18-,19-,20-,21-,22+,23-,24+,25-,26+,27-,28-,29+,30-,31+,32-,33+,34-,35-,36-,37-,38-,39-,40-,41-,42-,43-,44-,45-,46-,47-,48-/m1/s1. The van der Waals surface area contributed by atoms with Gasteiger partial charge in [0.05, 0.1) is 26.4 Å². The molecule has 476 valence electrons. The predicted molar refractivity (Wildman–Crippen MR) is 258 cm³/mol. The van der Waals surface area contributed by atoms with Crippen molar-refractivity contribution < 1.29 is 168 Å². The number of ether oxygens (including phenoxy) is 14. The molecule has 21 saturated heterocycles. The molecule has 0 radical (unpaired) electrons. The second-order valence-corrected chi connectivity index (χ2v) is 23.4. The van der Waals surface area contributed by atoms with Gasteiger partial charge in [-0.15, -0.1) is 0 Å². The normalized spacial score (nSPS) is 52.2. The zero-order valence-corrected chi connectivity index (χ0v) is 45.3. The van der Waals surface area contributed by atoms with Crippen molar-refractivity contribution in [2.24, 2.45) is 0 Å². The van der Waals surface area contributed by atoms with Gasteiger partial charge in [-0.25, -0.2) is 0 Å². The molecule has 0 amide bonds. The topological polar surface area (TPSA) is 534 Å². The number of benzene rings is 1. The van der Waals surface area contributed by atoms with E-state index in [2.05, 4.69) is 0 Å². The molecule has 0 unspecified atom stereocenters. The van der Waals surface area contributed by atoms with Gasteiger partial charge in [-0.3, -0.25) is 0 Å². The summed E-state index contributed by atoms with van der Waals surface area (Å²) in [5.41, 5.74) is 0. The van der Waals surface area contributed by atoms with Gasteiger partial charge in [0.2, 0.25) is 0 Å².